The maximum absolute atomic E-state index is 10.8. The molecule has 0 aromatic carbocycles. The Balaban J connectivity index is 3.09. The minimum Gasteiger partial charge on any atom is -0.379 e. The zero-order chi connectivity index (χ0) is 15.1. The van der Waals surface area contributed by atoms with E-state index in [1.807, 2.05) is 0 Å². The Bertz CT molecular complexity index is 276. The van der Waals surface area contributed by atoms with Gasteiger partial charge in [-0.25, -0.2) is 0 Å². The van der Waals surface area contributed by atoms with Crippen LogP contribution in [0.3, 0.4) is 0 Å². The molecule has 0 unspecified atom stereocenters. The van der Waals surface area contributed by atoms with E-state index in [-0.39, 0.29) is 11.8 Å². The molecule has 0 rings (SSSR count). The van der Waals surface area contributed by atoms with Gasteiger partial charge in [0.25, 0.3) is 0 Å². The molecule has 0 bridgehead atoms. The first kappa shape index (κ1) is 18.3. The molecule has 0 aliphatic carbocycles. The Hall–Kier alpha value is -1.66. The van der Waals surface area contributed by atoms with Gasteiger partial charge in [-0.15, -0.1) is 0 Å². The van der Waals surface area contributed by atoms with Crippen molar-refractivity contribution in [2.24, 2.45) is 0 Å². The highest BCUT2D eigenvalue weighted by molar-refractivity contribution is 5.87. The van der Waals surface area contributed by atoms with E-state index < -0.39 is 0 Å². The molecule has 0 spiro atoms. The third-order valence-corrected chi connectivity index (χ3v) is 2.27. The topological polar surface area (TPSA) is 76.7 Å². The lowest BCUT2D eigenvalue weighted by Gasteiger charge is -2.06. The fourth-order valence-corrected chi connectivity index (χ4v) is 1.24. The van der Waals surface area contributed by atoms with Gasteiger partial charge in [-0.05, 0) is 25.0 Å². The van der Waals surface area contributed by atoms with Crippen LogP contribution in [0.15, 0.2) is 25.3 Å². The molecule has 0 heterocycles. The number of carbonyl (C=O) groups is 2. The molecule has 0 aliphatic rings. The Kier molecular flexibility index (Phi) is 12.6. The summed E-state index contributed by atoms with van der Waals surface area (Å²) in [5, 5.41) is 5.32. The van der Waals surface area contributed by atoms with Gasteiger partial charge in [0.05, 0.1) is 13.2 Å². The lowest BCUT2D eigenvalue weighted by atomic mass is 10.4. The van der Waals surface area contributed by atoms with Crippen molar-refractivity contribution in [1.29, 1.82) is 0 Å². The molecular formula is C14H24N2O4. The van der Waals surface area contributed by atoms with Crippen LogP contribution < -0.4 is 10.6 Å². The van der Waals surface area contributed by atoms with Crippen molar-refractivity contribution in [3.05, 3.63) is 25.3 Å². The van der Waals surface area contributed by atoms with Gasteiger partial charge >= 0.3 is 0 Å². The Morgan fingerprint density at radius 2 is 1.20 bits per heavy atom. The third kappa shape index (κ3) is 12.8. The summed E-state index contributed by atoms with van der Waals surface area (Å²) in [6, 6.07) is 0. The molecule has 6 nitrogen and oxygen atoms in total. The number of hydrogen-bond acceptors (Lipinski definition) is 4. The van der Waals surface area contributed by atoms with E-state index in [4.69, 9.17) is 9.47 Å². The number of hydrogen-bond donors (Lipinski definition) is 2. The quantitative estimate of drug-likeness (QED) is 0.379. The van der Waals surface area contributed by atoms with E-state index in [0.29, 0.717) is 39.5 Å². The van der Waals surface area contributed by atoms with Crippen LogP contribution in [0.1, 0.15) is 12.8 Å². The summed E-state index contributed by atoms with van der Waals surface area (Å²) in [5.41, 5.74) is 0. The first-order valence-electron chi connectivity index (χ1n) is 6.66. The maximum atomic E-state index is 10.8. The van der Waals surface area contributed by atoms with Crippen LogP contribution in [0.5, 0.6) is 0 Å². The summed E-state index contributed by atoms with van der Waals surface area (Å²) in [7, 11) is 0. The van der Waals surface area contributed by atoms with Gasteiger partial charge < -0.3 is 20.1 Å². The van der Waals surface area contributed by atoms with Crippen molar-refractivity contribution < 1.29 is 19.1 Å². The Labute approximate surface area is 120 Å². The molecule has 114 valence electrons. The normalized spacial score (nSPS) is 9.80. The van der Waals surface area contributed by atoms with Crippen LogP contribution in [0, 0.1) is 0 Å². The highest BCUT2D eigenvalue weighted by Gasteiger charge is 1.95. The molecule has 0 fully saturated rings. The maximum Gasteiger partial charge on any atom is 0.243 e. The van der Waals surface area contributed by atoms with Crippen LogP contribution in [-0.2, 0) is 19.1 Å². The van der Waals surface area contributed by atoms with E-state index in [2.05, 4.69) is 23.8 Å². The van der Waals surface area contributed by atoms with Crippen molar-refractivity contribution in [1.82, 2.24) is 10.6 Å². The van der Waals surface area contributed by atoms with Crippen molar-refractivity contribution in [3.63, 3.8) is 0 Å². The second kappa shape index (κ2) is 13.8. The molecule has 6 heteroatoms. The van der Waals surface area contributed by atoms with Crippen LogP contribution in [0.25, 0.3) is 0 Å². The van der Waals surface area contributed by atoms with E-state index in [1.54, 1.807) is 0 Å². The second-order valence-electron chi connectivity index (χ2n) is 3.92. The zero-order valence-corrected chi connectivity index (χ0v) is 11.9. The van der Waals surface area contributed by atoms with Gasteiger partial charge in [0.15, 0.2) is 0 Å². The van der Waals surface area contributed by atoms with E-state index >= 15 is 0 Å². The molecule has 2 N–H and O–H groups in total. The van der Waals surface area contributed by atoms with Crippen molar-refractivity contribution in [3.8, 4) is 0 Å². The summed E-state index contributed by atoms with van der Waals surface area (Å²) >= 11 is 0. The molecule has 0 saturated heterocycles. The summed E-state index contributed by atoms with van der Waals surface area (Å²) in [6.07, 6.45) is 4.00. The molecule has 0 atom stereocenters. The second-order valence-corrected chi connectivity index (χ2v) is 3.92. The van der Waals surface area contributed by atoms with E-state index in [0.717, 1.165) is 12.8 Å². The fraction of sp³-hybridized carbons (Fsp3) is 0.571. The van der Waals surface area contributed by atoms with Crippen LogP contribution >= 0.6 is 0 Å². The van der Waals surface area contributed by atoms with Gasteiger partial charge in [-0.2, -0.15) is 0 Å². The van der Waals surface area contributed by atoms with E-state index in [9.17, 15) is 9.59 Å². The number of nitrogens with one attached hydrogen (secondary N) is 2. The van der Waals surface area contributed by atoms with Gasteiger partial charge in [0.1, 0.15) is 0 Å². The smallest absolute Gasteiger partial charge is 0.243 e. The minimum absolute atomic E-state index is 0.170. The number of ether oxygens (including phenoxy) is 2. The lowest BCUT2D eigenvalue weighted by molar-refractivity contribution is -0.117. The van der Waals surface area contributed by atoms with Gasteiger partial charge in [0.2, 0.25) is 11.8 Å². The summed E-state index contributed by atoms with van der Waals surface area (Å²) < 4.78 is 10.7. The van der Waals surface area contributed by atoms with Crippen LogP contribution in [-0.4, -0.2) is 51.3 Å². The SMILES string of the molecule is C=CC(=O)NCCCOCCOCCCNC(=O)C=C. The monoisotopic (exact) mass is 284 g/mol. The minimum atomic E-state index is -0.170. The molecule has 0 aromatic heterocycles. The predicted molar refractivity (Wildman–Crippen MR) is 77.3 cm³/mol. The van der Waals surface area contributed by atoms with E-state index in [1.165, 1.54) is 12.2 Å². The van der Waals surface area contributed by atoms with Crippen molar-refractivity contribution in [2.45, 2.75) is 12.8 Å². The lowest BCUT2D eigenvalue weighted by Crippen LogP contribution is -2.23. The van der Waals surface area contributed by atoms with Gasteiger partial charge in [-0.3, -0.25) is 9.59 Å². The number of carbonyl (C=O) groups excluding carboxylic acids is 2. The van der Waals surface area contributed by atoms with Crippen LogP contribution in [0.2, 0.25) is 0 Å². The van der Waals surface area contributed by atoms with Gasteiger partial charge in [0, 0.05) is 26.3 Å². The Morgan fingerprint density at radius 1 is 0.800 bits per heavy atom. The molecule has 2 amide bonds. The molecule has 0 aliphatic heterocycles. The Morgan fingerprint density at radius 3 is 1.55 bits per heavy atom. The fourth-order valence-electron chi connectivity index (χ4n) is 1.24. The first-order valence-corrected chi connectivity index (χ1v) is 6.66. The highest BCUT2D eigenvalue weighted by atomic mass is 16.5. The molecule has 0 aromatic rings. The number of amides is 2. The highest BCUT2D eigenvalue weighted by Crippen LogP contribution is 1.85. The van der Waals surface area contributed by atoms with Crippen LogP contribution in [0.4, 0.5) is 0 Å². The average Bonchev–Trinajstić information content (AvgIpc) is 2.47. The number of rotatable bonds is 13. The first-order chi connectivity index (χ1) is 9.70. The molecular weight excluding hydrogens is 260 g/mol. The molecule has 0 radical (unpaired) electrons. The predicted octanol–water partition coefficient (Wildman–Crippen LogP) is 0.404. The molecule has 20 heavy (non-hydrogen) atoms. The zero-order valence-electron chi connectivity index (χ0n) is 11.9. The summed E-state index contributed by atoms with van der Waals surface area (Å²) in [4.78, 5) is 21.6. The average molecular weight is 284 g/mol. The summed E-state index contributed by atoms with van der Waals surface area (Å²) in [6.45, 7) is 10.1. The largest absolute Gasteiger partial charge is 0.379 e. The van der Waals surface area contributed by atoms with Crippen molar-refractivity contribution in [2.75, 3.05) is 39.5 Å². The standard InChI is InChI=1S/C14H24N2O4/c1-3-13(17)15-7-5-9-19-11-12-20-10-6-8-16-14(18)4-2/h3-4H,1-2,5-12H2,(H,15,17)(H,16,18). The summed E-state index contributed by atoms with van der Waals surface area (Å²) in [5.74, 6) is -0.339. The van der Waals surface area contributed by atoms with Gasteiger partial charge in [-0.1, -0.05) is 13.2 Å². The molecule has 0 saturated carbocycles. The van der Waals surface area contributed by atoms with Crippen molar-refractivity contribution >= 4 is 11.8 Å². The third-order valence-electron chi connectivity index (χ3n) is 2.27.